The molecule has 0 bridgehead atoms. The minimum Gasteiger partial charge on any atom is -0.383 e. The molecular formula is C22H21FN8O. The number of nitriles is 1. The first kappa shape index (κ1) is 21.1. The Labute approximate surface area is 183 Å². The summed E-state index contributed by atoms with van der Waals surface area (Å²) >= 11 is 0. The van der Waals surface area contributed by atoms with Crippen LogP contribution in [0.3, 0.4) is 0 Å². The number of ether oxygens (including phenoxy) is 1. The maximum absolute atomic E-state index is 15.0. The smallest absolute Gasteiger partial charge is 0.150 e. The van der Waals surface area contributed by atoms with Crippen LogP contribution in [-0.4, -0.2) is 38.2 Å². The highest BCUT2D eigenvalue weighted by Crippen LogP contribution is 2.33. The Morgan fingerprint density at radius 3 is 2.81 bits per heavy atom. The highest BCUT2D eigenvalue weighted by Gasteiger charge is 2.23. The summed E-state index contributed by atoms with van der Waals surface area (Å²) in [6, 6.07) is 10.0. The third kappa shape index (κ3) is 3.81. The molecule has 3 aromatic heterocycles. The van der Waals surface area contributed by atoms with E-state index in [2.05, 4.69) is 20.3 Å². The number of fused-ring (bicyclic) bond motifs is 1. The van der Waals surface area contributed by atoms with Gasteiger partial charge in [0.1, 0.15) is 41.2 Å². The summed E-state index contributed by atoms with van der Waals surface area (Å²) in [7, 11) is 1.60. The SMILES string of the molecule is COCCn1c(C(C)Nc2ncnc(N)c2C#N)nc2ccc(F)c(-c3ccccn3)c21. The Morgan fingerprint density at radius 1 is 1.25 bits per heavy atom. The zero-order valence-electron chi connectivity index (χ0n) is 17.6. The molecule has 9 nitrogen and oxygen atoms in total. The summed E-state index contributed by atoms with van der Waals surface area (Å²) in [5, 5.41) is 12.6. The monoisotopic (exact) mass is 432 g/mol. The van der Waals surface area contributed by atoms with Crippen LogP contribution in [0.5, 0.6) is 0 Å². The number of imidazole rings is 1. The number of hydrogen-bond donors (Lipinski definition) is 2. The van der Waals surface area contributed by atoms with Crippen molar-refractivity contribution in [2.24, 2.45) is 0 Å². The van der Waals surface area contributed by atoms with Crippen LogP contribution in [0.4, 0.5) is 16.0 Å². The highest BCUT2D eigenvalue weighted by molar-refractivity contribution is 5.92. The minimum atomic E-state index is -0.391. The van der Waals surface area contributed by atoms with Gasteiger partial charge in [-0.15, -0.1) is 0 Å². The van der Waals surface area contributed by atoms with Gasteiger partial charge in [-0.3, -0.25) is 4.98 Å². The second kappa shape index (κ2) is 8.95. The van der Waals surface area contributed by atoms with Gasteiger partial charge in [0.05, 0.1) is 34.9 Å². The molecule has 162 valence electrons. The second-order valence-corrected chi connectivity index (χ2v) is 7.08. The molecule has 1 aromatic carbocycles. The van der Waals surface area contributed by atoms with Crippen LogP contribution in [0.1, 0.15) is 24.4 Å². The van der Waals surface area contributed by atoms with E-state index in [1.807, 2.05) is 23.6 Å². The predicted molar refractivity (Wildman–Crippen MR) is 118 cm³/mol. The summed E-state index contributed by atoms with van der Waals surface area (Å²) in [4.78, 5) is 17.1. The number of rotatable bonds is 7. The number of nitrogen functional groups attached to an aromatic ring is 1. The molecule has 0 aliphatic rings. The molecule has 32 heavy (non-hydrogen) atoms. The number of anilines is 2. The van der Waals surface area contributed by atoms with E-state index < -0.39 is 5.82 Å². The summed E-state index contributed by atoms with van der Waals surface area (Å²) in [5.41, 5.74) is 8.07. The first-order valence-electron chi connectivity index (χ1n) is 9.91. The van der Waals surface area contributed by atoms with Crippen molar-refractivity contribution in [2.45, 2.75) is 19.5 Å². The molecule has 0 fully saturated rings. The summed E-state index contributed by atoms with van der Waals surface area (Å²) in [6.07, 6.45) is 2.91. The quantitative estimate of drug-likeness (QED) is 0.455. The van der Waals surface area contributed by atoms with Gasteiger partial charge in [0.15, 0.2) is 0 Å². The fourth-order valence-corrected chi connectivity index (χ4v) is 3.60. The minimum absolute atomic E-state index is 0.0876. The molecule has 0 saturated heterocycles. The Balaban J connectivity index is 1.87. The third-order valence-corrected chi connectivity index (χ3v) is 5.06. The molecule has 3 N–H and O–H groups in total. The van der Waals surface area contributed by atoms with Crippen molar-refractivity contribution in [3.8, 4) is 17.3 Å². The maximum Gasteiger partial charge on any atom is 0.150 e. The topological polar surface area (TPSA) is 128 Å². The van der Waals surface area contributed by atoms with Crippen LogP contribution in [0.15, 0.2) is 42.9 Å². The van der Waals surface area contributed by atoms with Crippen LogP contribution >= 0.6 is 0 Å². The molecule has 0 radical (unpaired) electrons. The first-order valence-corrected chi connectivity index (χ1v) is 9.91. The predicted octanol–water partition coefficient (Wildman–Crippen LogP) is 3.30. The molecule has 0 aliphatic carbocycles. The zero-order valence-corrected chi connectivity index (χ0v) is 17.6. The normalized spacial score (nSPS) is 11.9. The molecule has 1 atom stereocenters. The highest BCUT2D eigenvalue weighted by atomic mass is 19.1. The van der Waals surface area contributed by atoms with E-state index in [-0.39, 0.29) is 17.4 Å². The summed E-state index contributed by atoms with van der Waals surface area (Å²) < 4.78 is 22.2. The van der Waals surface area contributed by atoms with Gasteiger partial charge in [-0.25, -0.2) is 19.3 Å². The zero-order chi connectivity index (χ0) is 22.7. The van der Waals surface area contributed by atoms with Gasteiger partial charge in [0, 0.05) is 19.9 Å². The summed E-state index contributed by atoms with van der Waals surface area (Å²) in [6.45, 7) is 2.71. The number of hydrogen-bond acceptors (Lipinski definition) is 8. The van der Waals surface area contributed by atoms with Crippen LogP contribution < -0.4 is 11.1 Å². The Kier molecular flexibility index (Phi) is 5.91. The molecule has 4 rings (SSSR count). The van der Waals surface area contributed by atoms with Crippen molar-refractivity contribution < 1.29 is 9.13 Å². The van der Waals surface area contributed by atoms with Gasteiger partial charge in [-0.05, 0) is 31.2 Å². The van der Waals surface area contributed by atoms with Gasteiger partial charge in [0.25, 0.3) is 0 Å². The second-order valence-electron chi connectivity index (χ2n) is 7.08. The Hall–Kier alpha value is -4.10. The average Bonchev–Trinajstić information content (AvgIpc) is 3.17. The van der Waals surface area contributed by atoms with E-state index >= 15 is 4.39 Å². The number of benzene rings is 1. The number of nitrogens with two attached hydrogens (primary N) is 1. The lowest BCUT2D eigenvalue weighted by Crippen LogP contribution is -2.17. The van der Waals surface area contributed by atoms with E-state index in [0.717, 1.165) is 0 Å². The molecule has 10 heteroatoms. The lowest BCUT2D eigenvalue weighted by Gasteiger charge is -2.18. The van der Waals surface area contributed by atoms with Gasteiger partial charge in [-0.1, -0.05) is 6.07 Å². The number of methoxy groups -OCH3 is 1. The molecule has 1 unspecified atom stereocenters. The fourth-order valence-electron chi connectivity index (χ4n) is 3.60. The molecular weight excluding hydrogens is 411 g/mol. The van der Waals surface area contributed by atoms with Gasteiger partial charge in [-0.2, -0.15) is 5.26 Å². The van der Waals surface area contributed by atoms with E-state index in [4.69, 9.17) is 15.5 Å². The van der Waals surface area contributed by atoms with E-state index in [1.165, 1.54) is 12.4 Å². The molecule has 3 heterocycles. The van der Waals surface area contributed by atoms with Gasteiger partial charge in [0.2, 0.25) is 0 Å². The summed E-state index contributed by atoms with van der Waals surface area (Å²) in [5.74, 6) is 0.622. The first-order chi connectivity index (χ1) is 15.5. The van der Waals surface area contributed by atoms with Crippen molar-refractivity contribution in [3.63, 3.8) is 0 Å². The van der Waals surface area contributed by atoms with Crippen LogP contribution in [0.25, 0.3) is 22.3 Å². The van der Waals surface area contributed by atoms with Crippen LogP contribution in [0, 0.1) is 17.1 Å². The molecule has 0 aliphatic heterocycles. The van der Waals surface area contributed by atoms with Crippen molar-refractivity contribution in [3.05, 3.63) is 60.1 Å². The molecule has 0 amide bonds. The van der Waals surface area contributed by atoms with Crippen molar-refractivity contribution in [1.29, 1.82) is 5.26 Å². The lowest BCUT2D eigenvalue weighted by atomic mass is 10.1. The fraction of sp³-hybridized carbons (Fsp3) is 0.227. The number of aromatic nitrogens is 5. The molecule has 0 spiro atoms. The van der Waals surface area contributed by atoms with Crippen molar-refractivity contribution in [1.82, 2.24) is 24.5 Å². The van der Waals surface area contributed by atoms with E-state index in [1.54, 1.807) is 31.5 Å². The van der Waals surface area contributed by atoms with Gasteiger partial charge >= 0.3 is 0 Å². The average molecular weight is 432 g/mol. The Morgan fingerprint density at radius 2 is 2.09 bits per heavy atom. The van der Waals surface area contributed by atoms with Crippen LogP contribution in [0.2, 0.25) is 0 Å². The van der Waals surface area contributed by atoms with Crippen molar-refractivity contribution >= 4 is 22.7 Å². The molecule has 4 aromatic rings. The number of nitrogens with zero attached hydrogens (tertiary/aromatic N) is 6. The van der Waals surface area contributed by atoms with E-state index in [0.29, 0.717) is 47.1 Å². The third-order valence-electron chi connectivity index (χ3n) is 5.06. The number of pyridine rings is 1. The van der Waals surface area contributed by atoms with Crippen molar-refractivity contribution in [2.75, 3.05) is 24.8 Å². The maximum atomic E-state index is 15.0. The van der Waals surface area contributed by atoms with Gasteiger partial charge < -0.3 is 20.4 Å². The molecule has 0 saturated carbocycles. The standard InChI is InChI=1S/C22H21FN8O/c1-13(29-21-14(11-24)20(25)27-12-28-21)22-30-17-7-6-15(23)18(16-5-3-4-8-26-16)19(17)31(22)9-10-32-2/h3-8,12-13H,9-10H2,1-2H3,(H3,25,27,28,29). The largest absolute Gasteiger partial charge is 0.383 e. The Bertz CT molecular complexity index is 1300. The lowest BCUT2D eigenvalue weighted by molar-refractivity contribution is 0.187. The number of nitrogens with one attached hydrogen (secondary N) is 1. The van der Waals surface area contributed by atoms with Crippen LogP contribution in [-0.2, 0) is 11.3 Å². The van der Waals surface area contributed by atoms with E-state index in [9.17, 15) is 5.26 Å². The number of halogens is 1.